The van der Waals surface area contributed by atoms with Crippen molar-refractivity contribution in [2.45, 2.75) is 64.5 Å². The van der Waals surface area contributed by atoms with E-state index >= 15 is 0 Å². The van der Waals surface area contributed by atoms with Crippen molar-refractivity contribution < 1.29 is 23.8 Å². The van der Waals surface area contributed by atoms with Gasteiger partial charge in [0.15, 0.2) is 0 Å². The van der Waals surface area contributed by atoms with Crippen molar-refractivity contribution in [2.75, 3.05) is 20.3 Å². The highest BCUT2D eigenvalue weighted by Gasteiger charge is 2.15. The zero-order chi connectivity index (χ0) is 21.0. The number of carbonyl (C=O) groups is 2. The molecule has 1 rings (SSSR count). The Hall–Kier alpha value is -2.28. The second kappa shape index (κ2) is 12.2. The Labute approximate surface area is 167 Å². The van der Waals surface area contributed by atoms with Gasteiger partial charge in [-0.05, 0) is 57.7 Å². The largest absolute Gasteiger partial charge is 0.494 e. The summed E-state index contributed by atoms with van der Waals surface area (Å²) in [4.78, 5) is 22.8. The highest BCUT2D eigenvalue weighted by Crippen LogP contribution is 2.14. The average Bonchev–Trinajstić information content (AvgIpc) is 2.63. The second-order valence-electron chi connectivity index (χ2n) is 7.67. The molecular formula is C21H34N2O5. The third kappa shape index (κ3) is 10.8. The minimum absolute atomic E-state index is 0.369. The van der Waals surface area contributed by atoms with E-state index in [-0.39, 0.29) is 6.09 Å². The number of methoxy groups -OCH3 is 1. The quantitative estimate of drug-likeness (QED) is 0.442. The molecule has 1 aromatic rings. The molecule has 0 radical (unpaired) electrons. The minimum Gasteiger partial charge on any atom is -0.494 e. The molecule has 1 aromatic carbocycles. The molecule has 1 atom stereocenters. The zero-order valence-corrected chi connectivity index (χ0v) is 17.5. The molecule has 158 valence electrons. The monoisotopic (exact) mass is 394 g/mol. The number of benzene rings is 1. The molecule has 7 nitrogen and oxygen atoms in total. The van der Waals surface area contributed by atoms with Crippen LogP contribution in [0.15, 0.2) is 24.3 Å². The second-order valence-corrected chi connectivity index (χ2v) is 7.67. The standard InChI is InChI=1S/C21H34N2O5/c1-21(2,3)28-20(25)23-13-7-5-6-8-14-27-17-11-9-16(10-12-17)15-18(22)19(24)26-4/h9-12,18H,5-8,13-15,22H2,1-4H3,(H,23,25)/t18-/m0/s1. The van der Waals surface area contributed by atoms with Crippen LogP contribution < -0.4 is 15.8 Å². The topological polar surface area (TPSA) is 99.9 Å². The average molecular weight is 395 g/mol. The number of nitrogens with one attached hydrogen (secondary N) is 1. The summed E-state index contributed by atoms with van der Waals surface area (Å²) < 4.78 is 15.5. The first-order valence-corrected chi connectivity index (χ1v) is 9.73. The molecule has 3 N–H and O–H groups in total. The normalized spacial score (nSPS) is 12.2. The maximum Gasteiger partial charge on any atom is 0.407 e. The molecule has 7 heteroatoms. The number of carbonyl (C=O) groups excluding carboxylic acids is 2. The minimum atomic E-state index is -0.651. The Kier molecular flexibility index (Phi) is 10.4. The molecule has 1 amide bonds. The van der Waals surface area contributed by atoms with E-state index in [1.807, 2.05) is 45.0 Å². The summed E-state index contributed by atoms with van der Waals surface area (Å²) in [5, 5.41) is 2.76. The number of ether oxygens (including phenoxy) is 3. The van der Waals surface area contributed by atoms with Gasteiger partial charge in [-0.2, -0.15) is 0 Å². The first-order valence-electron chi connectivity index (χ1n) is 9.73. The predicted octanol–water partition coefficient (Wildman–Crippen LogP) is 3.19. The number of rotatable bonds is 11. The van der Waals surface area contributed by atoms with Gasteiger partial charge < -0.3 is 25.3 Å². The van der Waals surface area contributed by atoms with E-state index in [1.54, 1.807) is 0 Å². The lowest BCUT2D eigenvalue weighted by molar-refractivity contribution is -0.142. The number of nitrogens with two attached hydrogens (primary N) is 1. The van der Waals surface area contributed by atoms with Crippen LogP contribution in [0.5, 0.6) is 5.75 Å². The lowest BCUT2D eigenvalue weighted by Crippen LogP contribution is -2.33. The van der Waals surface area contributed by atoms with Gasteiger partial charge in [0.25, 0.3) is 0 Å². The summed E-state index contributed by atoms with van der Waals surface area (Å²) in [6.07, 6.45) is 3.97. The number of esters is 1. The Morgan fingerprint density at radius 1 is 1.07 bits per heavy atom. The number of hydrogen-bond acceptors (Lipinski definition) is 6. The maximum atomic E-state index is 11.5. The summed E-state index contributed by atoms with van der Waals surface area (Å²) in [5.41, 5.74) is 6.25. The van der Waals surface area contributed by atoms with Crippen molar-refractivity contribution in [3.63, 3.8) is 0 Å². The van der Waals surface area contributed by atoms with Crippen LogP contribution in [0.1, 0.15) is 52.0 Å². The van der Waals surface area contributed by atoms with E-state index in [0.29, 0.717) is 19.6 Å². The Bertz CT molecular complexity index is 596. The molecule has 0 aliphatic rings. The van der Waals surface area contributed by atoms with Crippen LogP contribution >= 0.6 is 0 Å². The molecule has 0 saturated carbocycles. The van der Waals surface area contributed by atoms with Gasteiger partial charge in [0.1, 0.15) is 17.4 Å². The summed E-state index contributed by atoms with van der Waals surface area (Å²) in [7, 11) is 1.33. The molecule has 0 aromatic heterocycles. The smallest absolute Gasteiger partial charge is 0.407 e. The molecule has 0 spiro atoms. The fourth-order valence-electron chi connectivity index (χ4n) is 2.49. The zero-order valence-electron chi connectivity index (χ0n) is 17.5. The van der Waals surface area contributed by atoms with Crippen LogP contribution in [0.3, 0.4) is 0 Å². The van der Waals surface area contributed by atoms with E-state index < -0.39 is 17.6 Å². The lowest BCUT2D eigenvalue weighted by atomic mass is 10.1. The van der Waals surface area contributed by atoms with Gasteiger partial charge in [-0.15, -0.1) is 0 Å². The van der Waals surface area contributed by atoms with Gasteiger partial charge in [-0.1, -0.05) is 25.0 Å². The van der Waals surface area contributed by atoms with E-state index in [9.17, 15) is 9.59 Å². The summed E-state index contributed by atoms with van der Waals surface area (Å²) in [6.45, 7) is 6.79. The van der Waals surface area contributed by atoms with E-state index in [1.165, 1.54) is 7.11 Å². The van der Waals surface area contributed by atoms with Crippen LogP contribution in [0.25, 0.3) is 0 Å². The highest BCUT2D eigenvalue weighted by atomic mass is 16.6. The molecule has 0 aliphatic carbocycles. The van der Waals surface area contributed by atoms with Crippen LogP contribution in [0.4, 0.5) is 4.79 Å². The van der Waals surface area contributed by atoms with Crippen molar-refractivity contribution in [2.24, 2.45) is 5.73 Å². The fourth-order valence-corrected chi connectivity index (χ4v) is 2.49. The predicted molar refractivity (Wildman–Crippen MR) is 108 cm³/mol. The third-order valence-electron chi connectivity index (χ3n) is 3.89. The molecule has 0 bridgehead atoms. The summed E-state index contributed by atoms with van der Waals surface area (Å²) in [5.74, 6) is 0.378. The van der Waals surface area contributed by atoms with E-state index in [0.717, 1.165) is 37.0 Å². The van der Waals surface area contributed by atoms with Crippen molar-refractivity contribution >= 4 is 12.1 Å². The Morgan fingerprint density at radius 3 is 2.32 bits per heavy atom. The molecular weight excluding hydrogens is 360 g/mol. The molecule has 0 aliphatic heterocycles. The van der Waals surface area contributed by atoms with Gasteiger partial charge in [0.2, 0.25) is 0 Å². The van der Waals surface area contributed by atoms with Crippen LogP contribution in [0.2, 0.25) is 0 Å². The van der Waals surface area contributed by atoms with Gasteiger partial charge >= 0.3 is 12.1 Å². The van der Waals surface area contributed by atoms with E-state index in [4.69, 9.17) is 15.2 Å². The van der Waals surface area contributed by atoms with Crippen molar-refractivity contribution in [1.82, 2.24) is 5.32 Å². The van der Waals surface area contributed by atoms with Crippen molar-refractivity contribution in [3.05, 3.63) is 29.8 Å². The summed E-state index contributed by atoms with van der Waals surface area (Å²) in [6, 6.07) is 6.91. The Morgan fingerprint density at radius 2 is 1.71 bits per heavy atom. The number of unbranched alkanes of at least 4 members (excludes halogenated alkanes) is 3. The molecule has 28 heavy (non-hydrogen) atoms. The van der Waals surface area contributed by atoms with Crippen LogP contribution in [0, 0.1) is 0 Å². The first kappa shape index (κ1) is 23.8. The SMILES string of the molecule is COC(=O)[C@@H](N)Cc1ccc(OCCCCCCNC(=O)OC(C)(C)C)cc1. The maximum absolute atomic E-state index is 11.5. The van der Waals surface area contributed by atoms with E-state index in [2.05, 4.69) is 10.1 Å². The lowest BCUT2D eigenvalue weighted by Gasteiger charge is -2.19. The van der Waals surface area contributed by atoms with Gasteiger partial charge in [0, 0.05) is 6.54 Å². The first-order chi connectivity index (χ1) is 13.2. The van der Waals surface area contributed by atoms with Crippen molar-refractivity contribution in [1.29, 1.82) is 0 Å². The molecule has 0 saturated heterocycles. The third-order valence-corrected chi connectivity index (χ3v) is 3.89. The number of hydrogen-bond donors (Lipinski definition) is 2. The van der Waals surface area contributed by atoms with Crippen molar-refractivity contribution in [3.8, 4) is 5.75 Å². The molecule has 0 unspecified atom stereocenters. The van der Waals surface area contributed by atoms with Crippen LogP contribution in [-0.4, -0.2) is 44.0 Å². The molecule has 0 heterocycles. The van der Waals surface area contributed by atoms with Gasteiger partial charge in [-0.3, -0.25) is 4.79 Å². The van der Waals surface area contributed by atoms with Crippen LogP contribution in [-0.2, 0) is 20.7 Å². The molecule has 0 fully saturated rings. The summed E-state index contributed by atoms with van der Waals surface area (Å²) >= 11 is 0. The fraction of sp³-hybridized carbons (Fsp3) is 0.619. The Balaban J connectivity index is 2.10. The van der Waals surface area contributed by atoms with Gasteiger partial charge in [0.05, 0.1) is 13.7 Å². The number of alkyl carbamates (subject to hydrolysis) is 1. The van der Waals surface area contributed by atoms with Gasteiger partial charge in [-0.25, -0.2) is 4.79 Å². The highest BCUT2D eigenvalue weighted by molar-refractivity contribution is 5.75. The number of amides is 1.